The molecule has 26 heavy (non-hydrogen) atoms. The minimum absolute atomic E-state index is 0.0342. The Morgan fingerprint density at radius 3 is 2.04 bits per heavy atom. The van der Waals surface area contributed by atoms with Crippen molar-refractivity contribution < 1.29 is 4.92 Å². The maximum Gasteiger partial charge on any atom is 0.269 e. The van der Waals surface area contributed by atoms with E-state index in [1.807, 2.05) is 68.3 Å². The van der Waals surface area contributed by atoms with Crippen molar-refractivity contribution in [3.8, 4) is 0 Å². The molecule has 0 aliphatic rings. The molecule has 0 saturated carbocycles. The van der Waals surface area contributed by atoms with Crippen molar-refractivity contribution >= 4 is 34.3 Å². The van der Waals surface area contributed by atoms with Gasteiger partial charge in [0.1, 0.15) is 0 Å². The van der Waals surface area contributed by atoms with Gasteiger partial charge in [0.05, 0.1) is 10.6 Å². The molecule has 0 unspecified atom stereocenters. The Kier molecular flexibility index (Phi) is 6.74. The van der Waals surface area contributed by atoms with E-state index < -0.39 is 4.92 Å². The third-order valence-electron chi connectivity index (χ3n) is 3.23. The van der Waals surface area contributed by atoms with Gasteiger partial charge in [-0.05, 0) is 36.0 Å². The lowest BCUT2D eigenvalue weighted by atomic mass is 10.3. The maximum absolute atomic E-state index is 10.8. The van der Waals surface area contributed by atoms with Crippen LogP contribution in [0, 0.1) is 10.1 Å². The van der Waals surface area contributed by atoms with E-state index in [0.717, 1.165) is 10.9 Å². The fourth-order valence-electron chi connectivity index (χ4n) is 2.11. The number of non-ortho nitro benzene ring substituents is 1. The van der Waals surface area contributed by atoms with Gasteiger partial charge < -0.3 is 9.80 Å². The van der Waals surface area contributed by atoms with E-state index in [1.54, 1.807) is 12.1 Å². The largest absolute Gasteiger partial charge is 0.349 e. The standard InChI is InChI=1S/C18H21N5O2S/c1-21(2)18(22(3)4)20-17(26-16-8-6-5-7-9-16)19-14-10-12-15(13-11-14)23(24)25/h5-13H,1-4H3. The Bertz CT molecular complexity index is 792. The number of guanidine groups is 1. The predicted octanol–water partition coefficient (Wildman–Crippen LogP) is 3.85. The van der Waals surface area contributed by atoms with Crippen LogP contribution in [0.5, 0.6) is 0 Å². The molecule has 0 aromatic heterocycles. The minimum atomic E-state index is -0.429. The molecular weight excluding hydrogens is 350 g/mol. The Morgan fingerprint density at radius 1 is 0.962 bits per heavy atom. The van der Waals surface area contributed by atoms with Gasteiger partial charge in [0, 0.05) is 45.2 Å². The van der Waals surface area contributed by atoms with Crippen LogP contribution in [-0.2, 0) is 0 Å². The lowest BCUT2D eigenvalue weighted by Gasteiger charge is -2.22. The first-order valence-electron chi connectivity index (χ1n) is 7.86. The number of hydrogen-bond donors (Lipinski definition) is 0. The molecule has 0 saturated heterocycles. The van der Waals surface area contributed by atoms with Gasteiger partial charge in [0.15, 0.2) is 5.17 Å². The third-order valence-corrected chi connectivity index (χ3v) is 4.11. The van der Waals surface area contributed by atoms with Crippen LogP contribution in [0.15, 0.2) is 69.5 Å². The number of amidine groups is 1. The van der Waals surface area contributed by atoms with Gasteiger partial charge in [0.2, 0.25) is 5.96 Å². The van der Waals surface area contributed by atoms with Crippen molar-refractivity contribution in [2.45, 2.75) is 4.90 Å². The van der Waals surface area contributed by atoms with Gasteiger partial charge in [-0.2, -0.15) is 4.99 Å². The van der Waals surface area contributed by atoms with Crippen molar-refractivity contribution in [2.75, 3.05) is 28.2 Å². The SMILES string of the molecule is CN(C)C(=NC(=Nc1ccc([N+](=O)[O-])cc1)Sc1ccccc1)N(C)C. The summed E-state index contributed by atoms with van der Waals surface area (Å²) in [6.07, 6.45) is 0. The number of nitro benzene ring substituents is 1. The number of aliphatic imine (C=N–C) groups is 2. The zero-order valence-corrected chi connectivity index (χ0v) is 16.0. The van der Waals surface area contributed by atoms with Crippen LogP contribution in [0.3, 0.4) is 0 Å². The number of rotatable bonds is 3. The van der Waals surface area contributed by atoms with Crippen LogP contribution in [0.25, 0.3) is 0 Å². The molecule has 2 aromatic carbocycles. The highest BCUT2D eigenvalue weighted by atomic mass is 32.2. The smallest absolute Gasteiger partial charge is 0.269 e. The van der Waals surface area contributed by atoms with Crippen molar-refractivity contribution in [1.29, 1.82) is 0 Å². The van der Waals surface area contributed by atoms with Crippen LogP contribution in [0.2, 0.25) is 0 Å². The first-order valence-corrected chi connectivity index (χ1v) is 8.68. The van der Waals surface area contributed by atoms with Gasteiger partial charge in [-0.15, -0.1) is 0 Å². The zero-order chi connectivity index (χ0) is 19.1. The molecule has 0 radical (unpaired) electrons. The number of nitro groups is 1. The molecule has 0 aliphatic carbocycles. The van der Waals surface area contributed by atoms with Crippen molar-refractivity contribution in [1.82, 2.24) is 9.80 Å². The highest BCUT2D eigenvalue weighted by Crippen LogP contribution is 2.25. The second-order valence-corrected chi connectivity index (χ2v) is 6.82. The van der Waals surface area contributed by atoms with Gasteiger partial charge in [-0.25, -0.2) is 4.99 Å². The van der Waals surface area contributed by atoms with Crippen LogP contribution in [0.1, 0.15) is 0 Å². The number of hydrogen-bond acceptors (Lipinski definition) is 4. The second-order valence-electron chi connectivity index (χ2n) is 5.78. The summed E-state index contributed by atoms with van der Waals surface area (Å²) in [6.45, 7) is 0. The van der Waals surface area contributed by atoms with Gasteiger partial charge >= 0.3 is 0 Å². The van der Waals surface area contributed by atoms with E-state index in [4.69, 9.17) is 0 Å². The molecular formula is C18H21N5O2S. The summed E-state index contributed by atoms with van der Waals surface area (Å²) in [7, 11) is 7.65. The average Bonchev–Trinajstić information content (AvgIpc) is 2.60. The molecule has 0 spiro atoms. The summed E-state index contributed by atoms with van der Waals surface area (Å²) in [5, 5.41) is 11.3. The van der Waals surface area contributed by atoms with E-state index >= 15 is 0 Å². The molecule has 0 N–H and O–H groups in total. The van der Waals surface area contributed by atoms with E-state index in [0.29, 0.717) is 10.9 Å². The topological polar surface area (TPSA) is 74.3 Å². The molecule has 8 heteroatoms. The lowest BCUT2D eigenvalue weighted by molar-refractivity contribution is -0.384. The number of thioether (sulfide) groups is 1. The molecule has 0 amide bonds. The molecule has 0 bridgehead atoms. The molecule has 0 atom stereocenters. The fourth-order valence-corrected chi connectivity index (χ4v) is 2.89. The first kappa shape index (κ1) is 19.5. The fraction of sp³-hybridized carbons (Fsp3) is 0.222. The van der Waals surface area contributed by atoms with Crippen molar-refractivity contribution in [2.24, 2.45) is 9.98 Å². The quantitative estimate of drug-likeness (QED) is 0.269. The van der Waals surface area contributed by atoms with Gasteiger partial charge in [-0.1, -0.05) is 18.2 Å². The van der Waals surface area contributed by atoms with Crippen LogP contribution >= 0.6 is 11.8 Å². The summed E-state index contributed by atoms with van der Waals surface area (Å²) < 4.78 is 0. The molecule has 0 heterocycles. The van der Waals surface area contributed by atoms with Gasteiger partial charge in [0.25, 0.3) is 5.69 Å². The average molecular weight is 371 g/mol. The summed E-state index contributed by atoms with van der Waals surface area (Å²) in [4.78, 5) is 24.4. The lowest BCUT2D eigenvalue weighted by Crippen LogP contribution is -2.35. The highest BCUT2D eigenvalue weighted by Gasteiger charge is 2.10. The Hall–Kier alpha value is -2.87. The Balaban J connectivity index is 2.41. The summed E-state index contributed by atoms with van der Waals surface area (Å²) >= 11 is 1.43. The van der Waals surface area contributed by atoms with E-state index in [9.17, 15) is 10.1 Å². The number of benzene rings is 2. The van der Waals surface area contributed by atoms with Crippen molar-refractivity contribution in [3.05, 3.63) is 64.7 Å². The summed E-state index contributed by atoms with van der Waals surface area (Å²) in [5.74, 6) is 0.745. The Morgan fingerprint density at radius 2 is 1.54 bits per heavy atom. The molecule has 136 valence electrons. The molecule has 0 fully saturated rings. The highest BCUT2D eigenvalue weighted by molar-refractivity contribution is 8.14. The molecule has 0 aliphatic heterocycles. The molecule has 2 aromatic rings. The van der Waals surface area contributed by atoms with E-state index in [-0.39, 0.29) is 5.69 Å². The third kappa shape index (κ3) is 5.59. The summed E-state index contributed by atoms with van der Waals surface area (Å²) in [6, 6.07) is 15.9. The first-order chi connectivity index (χ1) is 12.4. The van der Waals surface area contributed by atoms with Gasteiger partial charge in [-0.3, -0.25) is 10.1 Å². The Labute approximate surface area is 157 Å². The minimum Gasteiger partial charge on any atom is -0.349 e. The van der Waals surface area contributed by atoms with Crippen LogP contribution in [0.4, 0.5) is 11.4 Å². The van der Waals surface area contributed by atoms with E-state index in [1.165, 1.54) is 23.9 Å². The second kappa shape index (κ2) is 9.00. The normalized spacial score (nSPS) is 11.0. The summed E-state index contributed by atoms with van der Waals surface area (Å²) in [5.41, 5.74) is 0.640. The van der Waals surface area contributed by atoms with Crippen LogP contribution in [-0.4, -0.2) is 54.0 Å². The number of nitrogens with zero attached hydrogens (tertiary/aromatic N) is 5. The zero-order valence-electron chi connectivity index (χ0n) is 15.2. The predicted molar refractivity (Wildman–Crippen MR) is 107 cm³/mol. The maximum atomic E-state index is 10.8. The van der Waals surface area contributed by atoms with Crippen LogP contribution < -0.4 is 0 Å². The molecule has 2 rings (SSSR count). The monoisotopic (exact) mass is 371 g/mol. The van der Waals surface area contributed by atoms with E-state index in [2.05, 4.69) is 9.98 Å². The molecule has 7 nitrogen and oxygen atoms in total. The van der Waals surface area contributed by atoms with Crippen molar-refractivity contribution in [3.63, 3.8) is 0 Å².